The smallest absolute Gasteiger partial charge is 0.306 e. The number of hydrogen-bond acceptors (Lipinski definition) is 5. The number of carbonyl (C=O) groups excluding carboxylic acids is 2. The quantitative estimate of drug-likeness (QED) is 0.0347. The maximum absolute atomic E-state index is 12.8. The van der Waals surface area contributed by atoms with Crippen molar-refractivity contribution in [1.82, 2.24) is 0 Å². The number of ether oxygens (including phenoxy) is 3. The van der Waals surface area contributed by atoms with Crippen LogP contribution in [0.15, 0.2) is 72.9 Å². The molecule has 0 spiro atoms. The largest absolute Gasteiger partial charge is 0.462 e. The highest BCUT2D eigenvalue weighted by Crippen LogP contribution is 2.14. The molecule has 0 aromatic heterocycles. The maximum Gasteiger partial charge on any atom is 0.306 e. The molecule has 0 fully saturated rings. The average molecular weight is 837 g/mol. The zero-order valence-electron chi connectivity index (χ0n) is 39.7. The number of allylic oxidation sites excluding steroid dienone is 12. The normalized spacial score (nSPS) is 12.8. The molecular formula is C55H96O5. The van der Waals surface area contributed by atoms with E-state index in [9.17, 15) is 9.59 Å². The van der Waals surface area contributed by atoms with Crippen LogP contribution >= 0.6 is 0 Å². The maximum atomic E-state index is 12.8. The summed E-state index contributed by atoms with van der Waals surface area (Å²) < 4.78 is 17.4. The first-order chi connectivity index (χ1) is 29.6. The van der Waals surface area contributed by atoms with Gasteiger partial charge in [0.2, 0.25) is 0 Å². The number of carbonyl (C=O) groups is 2. The second-order valence-electron chi connectivity index (χ2n) is 16.7. The molecule has 0 bridgehead atoms. The first-order valence-electron chi connectivity index (χ1n) is 25.5. The SMILES string of the molecule is CC/C=C\C/C=C\C/C=C\C/C=C\CCCCCCCCC(=O)OCC(COCCCCCCCCCCCCCC)OC(=O)CCCCCCC/C=C\C/C=C\CCC. The molecule has 5 heteroatoms. The van der Waals surface area contributed by atoms with Crippen molar-refractivity contribution in [2.45, 2.75) is 245 Å². The number of rotatable bonds is 46. The number of esters is 2. The number of hydrogen-bond donors (Lipinski definition) is 0. The Morgan fingerprint density at radius 1 is 0.383 bits per heavy atom. The van der Waals surface area contributed by atoms with Gasteiger partial charge >= 0.3 is 11.9 Å². The summed E-state index contributed by atoms with van der Waals surface area (Å²) in [5, 5.41) is 0. The van der Waals surface area contributed by atoms with Crippen LogP contribution in [-0.2, 0) is 23.8 Å². The van der Waals surface area contributed by atoms with E-state index in [-0.39, 0.29) is 25.2 Å². The Morgan fingerprint density at radius 3 is 1.27 bits per heavy atom. The second kappa shape index (κ2) is 50.7. The summed E-state index contributed by atoms with van der Waals surface area (Å²) >= 11 is 0. The van der Waals surface area contributed by atoms with Gasteiger partial charge in [-0.15, -0.1) is 0 Å². The second-order valence-corrected chi connectivity index (χ2v) is 16.7. The van der Waals surface area contributed by atoms with Crippen LogP contribution in [0.4, 0.5) is 0 Å². The van der Waals surface area contributed by atoms with Crippen molar-refractivity contribution in [2.24, 2.45) is 0 Å². The van der Waals surface area contributed by atoms with Gasteiger partial charge in [-0.1, -0.05) is 216 Å². The van der Waals surface area contributed by atoms with E-state index in [1.165, 1.54) is 109 Å². The standard InChI is InChI=1S/C55H96O5/c1-4-7-10-13-16-19-22-25-26-27-28-29-30-32-33-36-39-42-45-48-54(56)59-52-53(51-58-50-47-44-41-38-35-24-21-18-15-12-9-6-3)60-55(57)49-46-43-40-37-34-31-23-20-17-14-11-8-5-2/h7,10-11,14,16,19-20,23,25-26,28-29,53H,4-6,8-9,12-13,15,17-18,21-22,24,27,30-52H2,1-3H3/b10-7-,14-11-,19-16-,23-20-,26-25-,29-28-. The fourth-order valence-corrected chi connectivity index (χ4v) is 6.95. The summed E-state index contributed by atoms with van der Waals surface area (Å²) in [6.07, 6.45) is 64.7. The molecule has 0 aliphatic rings. The Kier molecular flexibility index (Phi) is 48.4. The van der Waals surface area contributed by atoms with Crippen molar-refractivity contribution in [3.63, 3.8) is 0 Å². The summed E-state index contributed by atoms with van der Waals surface area (Å²) in [6.45, 7) is 7.64. The monoisotopic (exact) mass is 837 g/mol. The average Bonchev–Trinajstić information content (AvgIpc) is 3.25. The summed E-state index contributed by atoms with van der Waals surface area (Å²) in [7, 11) is 0. The third-order valence-corrected chi connectivity index (χ3v) is 10.7. The fraction of sp³-hybridized carbons (Fsp3) is 0.745. The molecule has 0 aromatic rings. The number of unbranched alkanes of at least 4 members (excludes halogenated alkanes) is 23. The predicted molar refractivity (Wildman–Crippen MR) is 260 cm³/mol. The van der Waals surface area contributed by atoms with Crippen LogP contribution in [0.5, 0.6) is 0 Å². The highest BCUT2D eigenvalue weighted by molar-refractivity contribution is 5.70. The van der Waals surface area contributed by atoms with Gasteiger partial charge in [-0.25, -0.2) is 0 Å². The molecule has 60 heavy (non-hydrogen) atoms. The minimum absolute atomic E-state index is 0.0717. The van der Waals surface area contributed by atoms with Crippen LogP contribution in [0, 0.1) is 0 Å². The van der Waals surface area contributed by atoms with E-state index < -0.39 is 6.10 Å². The van der Waals surface area contributed by atoms with Crippen molar-refractivity contribution in [3.8, 4) is 0 Å². The van der Waals surface area contributed by atoms with E-state index >= 15 is 0 Å². The highest BCUT2D eigenvalue weighted by Gasteiger charge is 2.17. The predicted octanol–water partition coefficient (Wildman–Crippen LogP) is 17.1. The lowest BCUT2D eigenvalue weighted by atomic mass is 10.1. The van der Waals surface area contributed by atoms with Crippen LogP contribution in [-0.4, -0.2) is 37.9 Å². The first-order valence-corrected chi connectivity index (χ1v) is 25.5. The van der Waals surface area contributed by atoms with Gasteiger partial charge in [0.25, 0.3) is 0 Å². The van der Waals surface area contributed by atoms with Gasteiger partial charge in [-0.3, -0.25) is 9.59 Å². The zero-order valence-corrected chi connectivity index (χ0v) is 39.7. The molecule has 0 saturated heterocycles. The van der Waals surface area contributed by atoms with E-state index in [2.05, 4.69) is 93.7 Å². The minimum atomic E-state index is -0.549. The molecule has 0 aromatic carbocycles. The van der Waals surface area contributed by atoms with Crippen molar-refractivity contribution >= 4 is 11.9 Å². The lowest BCUT2D eigenvalue weighted by Crippen LogP contribution is -2.30. The van der Waals surface area contributed by atoms with Crippen LogP contribution in [0.3, 0.4) is 0 Å². The van der Waals surface area contributed by atoms with Gasteiger partial charge < -0.3 is 14.2 Å². The molecule has 0 N–H and O–H groups in total. The fourth-order valence-electron chi connectivity index (χ4n) is 6.95. The van der Waals surface area contributed by atoms with Gasteiger partial charge in [0.1, 0.15) is 6.61 Å². The molecule has 0 rings (SSSR count). The summed E-state index contributed by atoms with van der Waals surface area (Å²) in [6, 6.07) is 0. The van der Waals surface area contributed by atoms with Crippen LogP contribution in [0.1, 0.15) is 239 Å². The molecule has 346 valence electrons. The van der Waals surface area contributed by atoms with Crippen molar-refractivity contribution < 1.29 is 23.8 Å². The zero-order chi connectivity index (χ0) is 43.5. The Morgan fingerprint density at radius 2 is 0.783 bits per heavy atom. The molecule has 0 heterocycles. The molecule has 0 aliphatic carbocycles. The van der Waals surface area contributed by atoms with E-state index in [1.807, 2.05) is 0 Å². The Labute approximate surface area is 372 Å². The van der Waals surface area contributed by atoms with E-state index in [4.69, 9.17) is 14.2 Å². The lowest BCUT2D eigenvalue weighted by molar-refractivity contribution is -0.163. The third-order valence-electron chi connectivity index (χ3n) is 10.7. The summed E-state index contributed by atoms with van der Waals surface area (Å²) in [5.74, 6) is -0.426. The molecule has 0 radical (unpaired) electrons. The Balaban J connectivity index is 4.27. The topological polar surface area (TPSA) is 61.8 Å². The Bertz CT molecular complexity index is 1080. The Hall–Kier alpha value is -2.66. The van der Waals surface area contributed by atoms with Gasteiger partial charge in [0.05, 0.1) is 6.61 Å². The van der Waals surface area contributed by atoms with Crippen molar-refractivity contribution in [1.29, 1.82) is 0 Å². The van der Waals surface area contributed by atoms with Crippen molar-refractivity contribution in [3.05, 3.63) is 72.9 Å². The molecule has 5 nitrogen and oxygen atoms in total. The third kappa shape index (κ3) is 48.0. The van der Waals surface area contributed by atoms with Crippen molar-refractivity contribution in [2.75, 3.05) is 19.8 Å². The van der Waals surface area contributed by atoms with Crippen LogP contribution in [0.2, 0.25) is 0 Å². The molecule has 0 amide bonds. The van der Waals surface area contributed by atoms with Gasteiger partial charge in [0, 0.05) is 19.4 Å². The van der Waals surface area contributed by atoms with Gasteiger partial charge in [0.15, 0.2) is 6.10 Å². The van der Waals surface area contributed by atoms with Crippen LogP contribution in [0.25, 0.3) is 0 Å². The lowest BCUT2D eigenvalue weighted by Gasteiger charge is -2.18. The van der Waals surface area contributed by atoms with E-state index in [0.29, 0.717) is 19.4 Å². The molecule has 1 unspecified atom stereocenters. The first kappa shape index (κ1) is 57.3. The van der Waals surface area contributed by atoms with Gasteiger partial charge in [-0.05, 0) is 83.5 Å². The van der Waals surface area contributed by atoms with E-state index in [1.54, 1.807) is 0 Å². The summed E-state index contributed by atoms with van der Waals surface area (Å²) in [5.41, 5.74) is 0. The molecule has 0 saturated carbocycles. The van der Waals surface area contributed by atoms with Crippen LogP contribution < -0.4 is 0 Å². The minimum Gasteiger partial charge on any atom is -0.462 e. The van der Waals surface area contributed by atoms with E-state index in [0.717, 1.165) is 96.3 Å². The molecule has 0 aliphatic heterocycles. The summed E-state index contributed by atoms with van der Waals surface area (Å²) in [4.78, 5) is 25.4. The van der Waals surface area contributed by atoms with Gasteiger partial charge in [-0.2, -0.15) is 0 Å². The highest BCUT2D eigenvalue weighted by atomic mass is 16.6. The molecular weight excluding hydrogens is 741 g/mol. The molecule has 1 atom stereocenters.